The van der Waals surface area contributed by atoms with Crippen LogP contribution in [0.5, 0.6) is 0 Å². The molecule has 0 heterocycles. The van der Waals surface area contributed by atoms with Crippen LogP contribution in [-0.2, 0) is 0 Å². The highest BCUT2D eigenvalue weighted by molar-refractivity contribution is 5.85. The van der Waals surface area contributed by atoms with E-state index in [1.807, 2.05) is 13.0 Å². The molecule has 0 unspecified atom stereocenters. The topological polar surface area (TPSA) is 0 Å². The molecule has 4 aromatic carbocycles. The third kappa shape index (κ3) is 3.95. The summed E-state index contributed by atoms with van der Waals surface area (Å²) in [6.45, 7) is 6.32. The summed E-state index contributed by atoms with van der Waals surface area (Å²) in [4.78, 5) is 0. The fraction of sp³-hybridized carbons (Fsp3) is 0.167. The van der Waals surface area contributed by atoms with Gasteiger partial charge in [-0.3, -0.25) is 0 Å². The lowest BCUT2D eigenvalue weighted by molar-refractivity contribution is 0.568. The van der Waals surface area contributed by atoms with Gasteiger partial charge >= 0.3 is 0 Å². The first-order chi connectivity index (χ1) is 13.6. The van der Waals surface area contributed by atoms with Gasteiger partial charge in [0.05, 0.1) is 5.39 Å². The minimum atomic E-state index is -0.817. The number of fused-ring (bicyclic) bond motifs is 2. The van der Waals surface area contributed by atoms with E-state index in [1.165, 1.54) is 26.0 Å². The molecule has 0 spiro atoms. The Kier molecular flexibility index (Phi) is 5.60. The van der Waals surface area contributed by atoms with Gasteiger partial charge in [-0.1, -0.05) is 29.8 Å². The van der Waals surface area contributed by atoms with E-state index in [-0.39, 0.29) is 21.9 Å². The van der Waals surface area contributed by atoms with Gasteiger partial charge in [-0.15, -0.1) is 0 Å². The van der Waals surface area contributed by atoms with Crippen LogP contribution in [0.15, 0.2) is 42.5 Å². The third-order valence-electron chi connectivity index (χ3n) is 4.87. The summed E-state index contributed by atoms with van der Waals surface area (Å²) < 4.78 is 67.0. The molecule has 5 heteroatoms. The first kappa shape index (κ1) is 20.8. The summed E-state index contributed by atoms with van der Waals surface area (Å²) in [5.74, 6) is -3.06. The van der Waals surface area contributed by atoms with Gasteiger partial charge in [-0.2, -0.15) is 0 Å². The van der Waals surface area contributed by atoms with Gasteiger partial charge < -0.3 is 0 Å². The Morgan fingerprint density at radius 2 is 1.07 bits per heavy atom. The fourth-order valence-electron chi connectivity index (χ4n) is 3.20. The van der Waals surface area contributed by atoms with Crippen molar-refractivity contribution in [2.24, 2.45) is 0 Å². The van der Waals surface area contributed by atoms with E-state index in [1.54, 1.807) is 25.1 Å². The molecule has 0 fully saturated rings. The normalized spacial score (nSPS) is 10.9. The molecule has 0 saturated carbocycles. The van der Waals surface area contributed by atoms with Crippen molar-refractivity contribution in [3.63, 3.8) is 0 Å². The lowest BCUT2D eigenvalue weighted by Crippen LogP contribution is -1.94. The Hall–Kier alpha value is -2.95. The Morgan fingerprint density at radius 3 is 1.72 bits per heavy atom. The van der Waals surface area contributed by atoms with Crippen LogP contribution in [0.3, 0.4) is 0 Å². The molecule has 0 aromatic heterocycles. The highest BCUT2D eigenvalue weighted by atomic mass is 19.2. The second kappa shape index (κ2) is 7.82. The fourth-order valence-corrected chi connectivity index (χ4v) is 3.20. The molecule has 4 rings (SSSR count). The number of hydrogen-bond acceptors (Lipinski definition) is 0. The standard InChI is InChI=1S/C12H9F3.C12H10F2/c1-6-3-8-5-9(13)7(2)12(15)11(8)10(14)4-6;1-7-3-4-10-9(5-7)6-11(13)8(2)12(10)14/h3-5H,1-2H3;3-6H,1-2H3. The van der Waals surface area contributed by atoms with Crippen LogP contribution < -0.4 is 0 Å². The van der Waals surface area contributed by atoms with E-state index >= 15 is 0 Å². The van der Waals surface area contributed by atoms with E-state index in [0.29, 0.717) is 16.3 Å². The van der Waals surface area contributed by atoms with Crippen LogP contribution in [0.4, 0.5) is 22.0 Å². The predicted octanol–water partition coefficient (Wildman–Crippen LogP) is 7.61. The van der Waals surface area contributed by atoms with Crippen LogP contribution >= 0.6 is 0 Å². The molecule has 0 saturated heterocycles. The lowest BCUT2D eigenvalue weighted by atomic mass is 10.0. The van der Waals surface area contributed by atoms with Crippen molar-refractivity contribution in [2.45, 2.75) is 27.7 Å². The molecule has 0 aliphatic rings. The maximum Gasteiger partial charge on any atom is 0.139 e. The van der Waals surface area contributed by atoms with E-state index in [0.717, 1.165) is 11.6 Å². The van der Waals surface area contributed by atoms with Crippen molar-refractivity contribution in [3.05, 3.63) is 93.8 Å². The number of benzene rings is 4. The average Bonchev–Trinajstić information content (AvgIpc) is 2.64. The van der Waals surface area contributed by atoms with Gasteiger partial charge in [0.25, 0.3) is 0 Å². The van der Waals surface area contributed by atoms with Gasteiger partial charge in [0.1, 0.15) is 29.1 Å². The van der Waals surface area contributed by atoms with Crippen molar-refractivity contribution < 1.29 is 22.0 Å². The van der Waals surface area contributed by atoms with Crippen LogP contribution in [-0.4, -0.2) is 0 Å². The Labute approximate surface area is 165 Å². The van der Waals surface area contributed by atoms with E-state index in [9.17, 15) is 22.0 Å². The summed E-state index contributed by atoms with van der Waals surface area (Å²) in [5.41, 5.74) is 1.58. The van der Waals surface area contributed by atoms with E-state index in [4.69, 9.17) is 0 Å². The lowest BCUT2D eigenvalue weighted by Gasteiger charge is -2.06. The predicted molar refractivity (Wildman–Crippen MR) is 107 cm³/mol. The zero-order chi connectivity index (χ0) is 21.5. The summed E-state index contributed by atoms with van der Waals surface area (Å²) in [7, 11) is 0. The SMILES string of the molecule is Cc1cc(F)c2c(F)c(C)c(F)cc2c1.Cc1ccc2c(F)c(C)c(F)cc2c1. The van der Waals surface area contributed by atoms with Crippen molar-refractivity contribution >= 4 is 21.5 Å². The van der Waals surface area contributed by atoms with Gasteiger partial charge in [0.2, 0.25) is 0 Å². The number of aryl methyl sites for hydroxylation is 2. The first-order valence-corrected chi connectivity index (χ1v) is 8.99. The Bertz CT molecular complexity index is 1240. The number of hydrogen-bond donors (Lipinski definition) is 0. The molecule has 0 radical (unpaired) electrons. The van der Waals surface area contributed by atoms with Gasteiger partial charge in [-0.25, -0.2) is 22.0 Å². The third-order valence-corrected chi connectivity index (χ3v) is 4.87. The first-order valence-electron chi connectivity index (χ1n) is 8.99. The van der Waals surface area contributed by atoms with Crippen molar-refractivity contribution in [2.75, 3.05) is 0 Å². The van der Waals surface area contributed by atoms with Crippen molar-refractivity contribution in [1.29, 1.82) is 0 Å². The van der Waals surface area contributed by atoms with Gasteiger partial charge in [0.15, 0.2) is 0 Å². The van der Waals surface area contributed by atoms with Crippen LogP contribution in [0.1, 0.15) is 22.3 Å². The molecule has 4 aromatic rings. The van der Waals surface area contributed by atoms with Crippen molar-refractivity contribution in [3.8, 4) is 0 Å². The van der Waals surface area contributed by atoms with Crippen LogP contribution in [0.25, 0.3) is 21.5 Å². The van der Waals surface area contributed by atoms with Crippen LogP contribution in [0.2, 0.25) is 0 Å². The average molecular weight is 402 g/mol. The highest BCUT2D eigenvalue weighted by Crippen LogP contribution is 2.27. The molecular weight excluding hydrogens is 383 g/mol. The molecule has 0 amide bonds. The Balaban J connectivity index is 0.000000166. The minimum absolute atomic E-state index is 0.0846. The van der Waals surface area contributed by atoms with Gasteiger partial charge in [0, 0.05) is 16.5 Å². The van der Waals surface area contributed by atoms with Gasteiger partial charge in [-0.05, 0) is 62.2 Å². The number of halogens is 5. The zero-order valence-corrected chi connectivity index (χ0v) is 16.4. The number of rotatable bonds is 0. The molecule has 150 valence electrons. The molecule has 0 nitrogen and oxygen atoms in total. The minimum Gasteiger partial charge on any atom is -0.207 e. The quantitative estimate of drug-likeness (QED) is 0.266. The van der Waals surface area contributed by atoms with E-state index < -0.39 is 29.1 Å². The van der Waals surface area contributed by atoms with Crippen LogP contribution in [0, 0.1) is 56.8 Å². The maximum atomic E-state index is 13.6. The largest absolute Gasteiger partial charge is 0.207 e. The molecule has 0 aliphatic heterocycles. The maximum absolute atomic E-state index is 13.6. The molecule has 0 atom stereocenters. The summed E-state index contributed by atoms with van der Waals surface area (Å²) >= 11 is 0. The smallest absolute Gasteiger partial charge is 0.139 e. The molecule has 29 heavy (non-hydrogen) atoms. The summed E-state index contributed by atoms with van der Waals surface area (Å²) in [6, 6.07) is 10.6. The van der Waals surface area contributed by atoms with E-state index in [2.05, 4.69) is 0 Å². The Morgan fingerprint density at radius 1 is 0.517 bits per heavy atom. The second-order valence-electron chi connectivity index (χ2n) is 7.16. The highest BCUT2D eigenvalue weighted by Gasteiger charge is 2.13. The molecule has 0 bridgehead atoms. The molecule has 0 N–H and O–H groups in total. The summed E-state index contributed by atoms with van der Waals surface area (Å²) in [6.07, 6.45) is 0. The molecular formula is C24H19F5. The second-order valence-corrected chi connectivity index (χ2v) is 7.16. The zero-order valence-electron chi connectivity index (χ0n) is 16.4. The molecule has 0 aliphatic carbocycles. The summed E-state index contributed by atoms with van der Waals surface area (Å²) in [5, 5.41) is 1.22. The monoisotopic (exact) mass is 402 g/mol. The van der Waals surface area contributed by atoms with Crippen molar-refractivity contribution in [1.82, 2.24) is 0 Å².